The minimum Gasteiger partial charge on any atom is -0.345 e. The van der Waals surface area contributed by atoms with Crippen LogP contribution < -0.4 is 10.6 Å². The number of carbonyl (C=O) groups is 1. The molecule has 0 radical (unpaired) electrons. The predicted molar refractivity (Wildman–Crippen MR) is 54.5 cm³/mol. The van der Waals surface area contributed by atoms with Gasteiger partial charge in [-0.05, 0) is 37.8 Å². The van der Waals surface area contributed by atoms with E-state index in [9.17, 15) is 4.79 Å². The normalized spacial score (nSPS) is 28.1. The molecule has 3 heteroatoms. The number of hydrogen-bond acceptors (Lipinski definition) is 2. The number of carbonyl (C=O) groups excluding carboxylic acids is 1. The van der Waals surface area contributed by atoms with Crippen molar-refractivity contribution < 1.29 is 4.79 Å². The molecule has 1 amide bonds. The standard InChI is InChI=1S/C11H16N2O/c1-2-5-13-10(14)9-8-11(9)3-6-12-7-4-11/h1,9,12H,3-8H2,(H,13,14). The van der Waals surface area contributed by atoms with E-state index in [-0.39, 0.29) is 11.8 Å². The lowest BCUT2D eigenvalue weighted by molar-refractivity contribution is -0.123. The van der Waals surface area contributed by atoms with Crippen molar-refractivity contribution in [2.24, 2.45) is 11.3 Å². The molecule has 0 aromatic carbocycles. The summed E-state index contributed by atoms with van der Waals surface area (Å²) in [4.78, 5) is 11.6. The van der Waals surface area contributed by atoms with Crippen LogP contribution in [0.15, 0.2) is 0 Å². The van der Waals surface area contributed by atoms with Gasteiger partial charge in [0.1, 0.15) is 0 Å². The van der Waals surface area contributed by atoms with Gasteiger partial charge in [-0.3, -0.25) is 4.79 Å². The van der Waals surface area contributed by atoms with Crippen LogP contribution in [0.2, 0.25) is 0 Å². The molecule has 0 bridgehead atoms. The van der Waals surface area contributed by atoms with Crippen molar-refractivity contribution in [3.8, 4) is 12.3 Å². The lowest BCUT2D eigenvalue weighted by Gasteiger charge is -2.23. The second kappa shape index (κ2) is 3.62. The second-order valence-electron chi connectivity index (χ2n) is 4.29. The van der Waals surface area contributed by atoms with E-state index in [1.165, 1.54) is 0 Å². The summed E-state index contributed by atoms with van der Waals surface area (Å²) in [7, 11) is 0. The SMILES string of the molecule is C#CCNC(=O)C1CC12CCNCC2. The summed E-state index contributed by atoms with van der Waals surface area (Å²) in [6.07, 6.45) is 8.43. The van der Waals surface area contributed by atoms with Crippen LogP contribution in [-0.4, -0.2) is 25.5 Å². The van der Waals surface area contributed by atoms with Crippen molar-refractivity contribution >= 4 is 5.91 Å². The van der Waals surface area contributed by atoms with E-state index in [0.29, 0.717) is 12.0 Å². The van der Waals surface area contributed by atoms with Crippen LogP contribution in [0.25, 0.3) is 0 Å². The van der Waals surface area contributed by atoms with E-state index in [1.807, 2.05) is 0 Å². The molecule has 0 aromatic rings. The first-order chi connectivity index (χ1) is 6.78. The fourth-order valence-electron chi connectivity index (χ4n) is 2.46. The number of rotatable bonds is 2. The lowest BCUT2D eigenvalue weighted by Crippen LogP contribution is -2.33. The van der Waals surface area contributed by atoms with E-state index in [2.05, 4.69) is 16.6 Å². The van der Waals surface area contributed by atoms with Gasteiger partial charge in [-0.25, -0.2) is 0 Å². The molecular formula is C11H16N2O. The Morgan fingerprint density at radius 3 is 2.93 bits per heavy atom. The quantitative estimate of drug-likeness (QED) is 0.610. The molecular weight excluding hydrogens is 176 g/mol. The highest BCUT2D eigenvalue weighted by Crippen LogP contribution is 2.58. The number of terminal acetylenes is 1. The van der Waals surface area contributed by atoms with E-state index in [1.54, 1.807) is 0 Å². The Labute approximate surface area is 84.6 Å². The predicted octanol–water partition coefficient (Wildman–Crippen LogP) is 0.125. The maximum atomic E-state index is 11.6. The average molecular weight is 192 g/mol. The van der Waals surface area contributed by atoms with Gasteiger partial charge >= 0.3 is 0 Å². The molecule has 1 saturated carbocycles. The molecule has 1 aliphatic carbocycles. The van der Waals surface area contributed by atoms with Crippen LogP contribution in [0, 0.1) is 23.7 Å². The zero-order valence-electron chi connectivity index (χ0n) is 8.31. The summed E-state index contributed by atoms with van der Waals surface area (Å²) in [5, 5.41) is 6.09. The van der Waals surface area contributed by atoms with Crippen molar-refractivity contribution in [3.63, 3.8) is 0 Å². The summed E-state index contributed by atoms with van der Waals surface area (Å²) in [6, 6.07) is 0. The van der Waals surface area contributed by atoms with Gasteiger partial charge in [-0.2, -0.15) is 0 Å². The number of nitrogens with one attached hydrogen (secondary N) is 2. The number of hydrogen-bond donors (Lipinski definition) is 2. The van der Waals surface area contributed by atoms with Gasteiger partial charge in [0, 0.05) is 5.92 Å². The second-order valence-corrected chi connectivity index (χ2v) is 4.29. The first-order valence-electron chi connectivity index (χ1n) is 5.20. The van der Waals surface area contributed by atoms with Gasteiger partial charge < -0.3 is 10.6 Å². The molecule has 1 unspecified atom stereocenters. The third-order valence-electron chi connectivity index (χ3n) is 3.47. The van der Waals surface area contributed by atoms with Crippen molar-refractivity contribution in [1.29, 1.82) is 0 Å². The van der Waals surface area contributed by atoms with Gasteiger partial charge in [-0.1, -0.05) is 5.92 Å². The van der Waals surface area contributed by atoms with Crippen LogP contribution >= 0.6 is 0 Å². The molecule has 2 aliphatic rings. The van der Waals surface area contributed by atoms with E-state index in [4.69, 9.17) is 6.42 Å². The van der Waals surface area contributed by atoms with Gasteiger partial charge in [0.25, 0.3) is 0 Å². The van der Waals surface area contributed by atoms with E-state index in [0.717, 1.165) is 32.4 Å². The fourth-order valence-corrected chi connectivity index (χ4v) is 2.46. The Bertz CT molecular complexity index is 274. The van der Waals surface area contributed by atoms with Crippen LogP contribution in [0.3, 0.4) is 0 Å². The Morgan fingerprint density at radius 2 is 2.29 bits per heavy atom. The zero-order valence-corrected chi connectivity index (χ0v) is 8.31. The smallest absolute Gasteiger partial charge is 0.224 e. The summed E-state index contributed by atoms with van der Waals surface area (Å²) in [5.74, 6) is 2.82. The minimum atomic E-state index is 0.157. The number of amides is 1. The summed E-state index contributed by atoms with van der Waals surface area (Å²) < 4.78 is 0. The molecule has 2 rings (SSSR count). The Balaban J connectivity index is 1.85. The van der Waals surface area contributed by atoms with Crippen molar-refractivity contribution in [3.05, 3.63) is 0 Å². The molecule has 1 heterocycles. The summed E-state index contributed by atoms with van der Waals surface area (Å²) in [6.45, 7) is 2.47. The molecule has 2 N–H and O–H groups in total. The summed E-state index contributed by atoms with van der Waals surface area (Å²) in [5.41, 5.74) is 0.323. The van der Waals surface area contributed by atoms with Crippen LogP contribution in [0.5, 0.6) is 0 Å². The van der Waals surface area contributed by atoms with Crippen LogP contribution in [0.4, 0.5) is 0 Å². The number of piperidine rings is 1. The minimum absolute atomic E-state index is 0.157. The van der Waals surface area contributed by atoms with Gasteiger partial charge in [0.15, 0.2) is 0 Å². The van der Waals surface area contributed by atoms with Crippen LogP contribution in [0.1, 0.15) is 19.3 Å². The molecule has 1 saturated heterocycles. The molecule has 0 aromatic heterocycles. The monoisotopic (exact) mass is 192 g/mol. The fraction of sp³-hybridized carbons (Fsp3) is 0.727. The Kier molecular flexibility index (Phi) is 2.47. The molecule has 3 nitrogen and oxygen atoms in total. The highest BCUT2D eigenvalue weighted by molar-refractivity contribution is 5.82. The average Bonchev–Trinajstić information content (AvgIpc) is 2.90. The van der Waals surface area contributed by atoms with Crippen molar-refractivity contribution in [1.82, 2.24) is 10.6 Å². The first kappa shape index (κ1) is 9.54. The first-order valence-corrected chi connectivity index (χ1v) is 5.20. The van der Waals surface area contributed by atoms with Crippen molar-refractivity contribution in [2.45, 2.75) is 19.3 Å². The topological polar surface area (TPSA) is 41.1 Å². The highest BCUT2D eigenvalue weighted by Gasteiger charge is 2.57. The largest absolute Gasteiger partial charge is 0.345 e. The van der Waals surface area contributed by atoms with Gasteiger partial charge in [-0.15, -0.1) is 6.42 Å². The van der Waals surface area contributed by atoms with Gasteiger partial charge in [0.2, 0.25) is 5.91 Å². The zero-order chi connectivity index (χ0) is 10.0. The lowest BCUT2D eigenvalue weighted by atomic mass is 9.92. The Hall–Kier alpha value is -1.01. The van der Waals surface area contributed by atoms with E-state index < -0.39 is 0 Å². The maximum Gasteiger partial charge on any atom is 0.224 e. The van der Waals surface area contributed by atoms with Gasteiger partial charge in [0.05, 0.1) is 6.54 Å². The van der Waals surface area contributed by atoms with Crippen molar-refractivity contribution in [2.75, 3.05) is 19.6 Å². The summed E-state index contributed by atoms with van der Waals surface area (Å²) >= 11 is 0. The molecule has 1 atom stereocenters. The molecule has 76 valence electrons. The molecule has 2 fully saturated rings. The van der Waals surface area contributed by atoms with E-state index >= 15 is 0 Å². The highest BCUT2D eigenvalue weighted by atomic mass is 16.2. The molecule has 14 heavy (non-hydrogen) atoms. The molecule has 1 spiro atoms. The Morgan fingerprint density at radius 1 is 1.57 bits per heavy atom. The third kappa shape index (κ3) is 1.62. The third-order valence-corrected chi connectivity index (χ3v) is 3.47. The van der Waals surface area contributed by atoms with Crippen LogP contribution in [-0.2, 0) is 4.79 Å². The molecule has 1 aliphatic heterocycles. The maximum absolute atomic E-state index is 11.6.